The zero-order valence-electron chi connectivity index (χ0n) is 27.1. The van der Waals surface area contributed by atoms with E-state index in [0.717, 1.165) is 63.9 Å². The van der Waals surface area contributed by atoms with E-state index in [1.807, 2.05) is 0 Å². The van der Waals surface area contributed by atoms with Gasteiger partial charge in [-0.1, -0.05) is 91.1 Å². The summed E-state index contributed by atoms with van der Waals surface area (Å²) < 4.78 is 11.3. The molecule has 0 saturated carbocycles. The van der Waals surface area contributed by atoms with Crippen LogP contribution in [0.25, 0.3) is 0 Å². The first-order valence-electron chi connectivity index (χ1n) is 17.2. The molecule has 0 bridgehead atoms. The van der Waals surface area contributed by atoms with Gasteiger partial charge in [0.2, 0.25) is 0 Å². The van der Waals surface area contributed by atoms with E-state index in [1.54, 1.807) is 6.92 Å². The minimum Gasteiger partial charge on any atom is -0.499 e. The number of aliphatic hydroxyl groups excluding tert-OH is 2. The van der Waals surface area contributed by atoms with Crippen LogP contribution in [0.3, 0.4) is 0 Å². The first kappa shape index (κ1) is 39.3. The van der Waals surface area contributed by atoms with Crippen LogP contribution in [-0.4, -0.2) is 67.0 Å². The minimum absolute atomic E-state index is 0.412. The van der Waals surface area contributed by atoms with Gasteiger partial charge in [0.15, 0.2) is 6.29 Å². The molecule has 0 spiro atoms. The molecule has 0 aliphatic carbocycles. The molecule has 0 rings (SSSR count). The molecular formula is C34H70N2O4. The SMILES string of the molecule is C=C(CCC)OCCCCCCN(CCCCCCOC(O)CCCCCCCCC)CCCCCNC(C)O. The molecule has 3 N–H and O–H groups in total. The molecule has 0 aromatic carbocycles. The molecular weight excluding hydrogens is 500 g/mol. The Bertz CT molecular complexity index is 518. The van der Waals surface area contributed by atoms with Gasteiger partial charge in [-0.2, -0.15) is 0 Å². The van der Waals surface area contributed by atoms with E-state index in [9.17, 15) is 10.2 Å². The van der Waals surface area contributed by atoms with Crippen LogP contribution in [0.5, 0.6) is 0 Å². The van der Waals surface area contributed by atoms with E-state index in [4.69, 9.17) is 9.47 Å². The lowest BCUT2D eigenvalue weighted by Crippen LogP contribution is -2.28. The highest BCUT2D eigenvalue weighted by Gasteiger charge is 2.07. The molecule has 0 fully saturated rings. The number of aliphatic hydroxyl groups is 2. The average molecular weight is 571 g/mol. The predicted molar refractivity (Wildman–Crippen MR) is 171 cm³/mol. The minimum atomic E-state index is -0.580. The summed E-state index contributed by atoms with van der Waals surface area (Å²) >= 11 is 0. The molecule has 6 nitrogen and oxygen atoms in total. The summed E-state index contributed by atoms with van der Waals surface area (Å²) in [4.78, 5) is 2.66. The summed E-state index contributed by atoms with van der Waals surface area (Å²) in [5, 5.41) is 22.5. The highest BCUT2D eigenvalue weighted by molar-refractivity contribution is 4.80. The highest BCUT2D eigenvalue weighted by Crippen LogP contribution is 2.12. The van der Waals surface area contributed by atoms with Crippen molar-refractivity contribution in [1.29, 1.82) is 0 Å². The second-order valence-electron chi connectivity index (χ2n) is 11.7. The van der Waals surface area contributed by atoms with Gasteiger partial charge in [-0.15, -0.1) is 0 Å². The average Bonchev–Trinajstić information content (AvgIpc) is 2.92. The molecule has 0 aliphatic heterocycles. The lowest BCUT2D eigenvalue weighted by atomic mass is 10.1. The van der Waals surface area contributed by atoms with Gasteiger partial charge >= 0.3 is 0 Å². The first-order chi connectivity index (χ1) is 19.5. The fraction of sp³-hybridized carbons (Fsp3) is 0.941. The Morgan fingerprint density at radius 1 is 0.675 bits per heavy atom. The lowest BCUT2D eigenvalue weighted by molar-refractivity contribution is -0.105. The zero-order valence-corrected chi connectivity index (χ0v) is 27.1. The molecule has 0 radical (unpaired) electrons. The summed E-state index contributed by atoms with van der Waals surface area (Å²) in [5.41, 5.74) is 0. The molecule has 0 aromatic heterocycles. The Morgan fingerprint density at radius 2 is 1.20 bits per heavy atom. The molecule has 0 aromatic rings. The number of unbranched alkanes of at least 4 members (excludes halogenated alkanes) is 14. The second-order valence-corrected chi connectivity index (χ2v) is 11.7. The third kappa shape index (κ3) is 30.3. The molecule has 40 heavy (non-hydrogen) atoms. The van der Waals surface area contributed by atoms with Crippen LogP contribution >= 0.6 is 0 Å². The number of nitrogens with zero attached hydrogens (tertiary/aromatic N) is 1. The van der Waals surface area contributed by atoms with Gasteiger partial charge in [-0.3, -0.25) is 5.32 Å². The van der Waals surface area contributed by atoms with E-state index in [2.05, 4.69) is 30.6 Å². The largest absolute Gasteiger partial charge is 0.499 e. The standard InChI is InChI=1S/C34H70N2O4/c1-5-7-8-9-10-11-17-25-34(38)40-31-23-15-13-20-28-36(29-21-16-18-26-35-33(4)37)27-19-12-14-22-30-39-32(3)24-6-2/h33-35,37-38H,3,5-31H2,1-2,4H3. The number of allylic oxidation sites excluding steroid dienone is 1. The van der Waals surface area contributed by atoms with Gasteiger partial charge in [-0.05, 0) is 90.9 Å². The zero-order chi connectivity index (χ0) is 29.5. The van der Waals surface area contributed by atoms with Gasteiger partial charge in [0.1, 0.15) is 6.23 Å². The summed E-state index contributed by atoms with van der Waals surface area (Å²) in [6.07, 6.45) is 23.8. The number of nitrogens with one attached hydrogen (secondary N) is 1. The Morgan fingerprint density at radius 3 is 1.80 bits per heavy atom. The van der Waals surface area contributed by atoms with E-state index in [-0.39, 0.29) is 0 Å². The van der Waals surface area contributed by atoms with Crippen LogP contribution in [0, 0.1) is 0 Å². The van der Waals surface area contributed by atoms with Gasteiger partial charge in [0, 0.05) is 13.0 Å². The quantitative estimate of drug-likeness (QED) is 0.0418. The van der Waals surface area contributed by atoms with E-state index >= 15 is 0 Å². The topological polar surface area (TPSA) is 74.2 Å². The van der Waals surface area contributed by atoms with Gasteiger partial charge in [-0.25, -0.2) is 0 Å². The molecule has 0 heterocycles. The number of hydrogen-bond donors (Lipinski definition) is 3. The molecule has 2 unspecified atom stereocenters. The van der Waals surface area contributed by atoms with Crippen LogP contribution < -0.4 is 5.32 Å². The summed E-state index contributed by atoms with van der Waals surface area (Å²) in [6, 6.07) is 0. The number of hydrogen-bond acceptors (Lipinski definition) is 6. The molecule has 6 heteroatoms. The van der Waals surface area contributed by atoms with Crippen LogP contribution in [0.1, 0.15) is 156 Å². The number of ether oxygens (including phenoxy) is 2. The van der Waals surface area contributed by atoms with E-state index < -0.39 is 12.5 Å². The van der Waals surface area contributed by atoms with Crippen molar-refractivity contribution in [3.8, 4) is 0 Å². The molecule has 240 valence electrons. The maximum atomic E-state index is 10.1. The van der Waals surface area contributed by atoms with Crippen molar-refractivity contribution in [2.24, 2.45) is 0 Å². The normalized spacial score (nSPS) is 13.2. The van der Waals surface area contributed by atoms with Crippen LogP contribution in [-0.2, 0) is 9.47 Å². The summed E-state index contributed by atoms with van der Waals surface area (Å²) in [5.74, 6) is 0.934. The Kier molecular flexibility index (Phi) is 30.8. The maximum absolute atomic E-state index is 10.1. The predicted octanol–water partition coefficient (Wildman–Crippen LogP) is 8.31. The van der Waals surface area contributed by atoms with Gasteiger partial charge in [0.25, 0.3) is 0 Å². The molecule has 0 saturated heterocycles. The summed E-state index contributed by atoms with van der Waals surface area (Å²) in [6.45, 7) is 16.1. The van der Waals surface area contributed by atoms with Gasteiger partial charge < -0.3 is 24.6 Å². The Balaban J connectivity index is 3.94. The van der Waals surface area contributed by atoms with Crippen molar-refractivity contribution >= 4 is 0 Å². The third-order valence-corrected chi connectivity index (χ3v) is 7.53. The van der Waals surface area contributed by atoms with Crippen molar-refractivity contribution in [3.05, 3.63) is 12.3 Å². The summed E-state index contributed by atoms with van der Waals surface area (Å²) in [7, 11) is 0. The van der Waals surface area contributed by atoms with E-state index in [1.165, 1.54) is 110 Å². The highest BCUT2D eigenvalue weighted by atomic mass is 16.6. The first-order valence-corrected chi connectivity index (χ1v) is 17.2. The Labute approximate surface area is 249 Å². The molecule has 0 amide bonds. The maximum Gasteiger partial charge on any atom is 0.154 e. The van der Waals surface area contributed by atoms with Crippen molar-refractivity contribution in [3.63, 3.8) is 0 Å². The fourth-order valence-electron chi connectivity index (χ4n) is 5.01. The van der Waals surface area contributed by atoms with Crippen molar-refractivity contribution < 1.29 is 19.7 Å². The van der Waals surface area contributed by atoms with E-state index in [0.29, 0.717) is 6.61 Å². The number of rotatable bonds is 33. The van der Waals surface area contributed by atoms with Crippen molar-refractivity contribution in [2.75, 3.05) is 39.4 Å². The second kappa shape index (κ2) is 31.3. The fourth-order valence-corrected chi connectivity index (χ4v) is 5.01. The molecule has 0 aliphatic rings. The third-order valence-electron chi connectivity index (χ3n) is 7.53. The van der Waals surface area contributed by atoms with Crippen molar-refractivity contribution in [2.45, 2.75) is 168 Å². The van der Waals surface area contributed by atoms with Crippen LogP contribution in [0.2, 0.25) is 0 Å². The molecule has 2 atom stereocenters. The lowest BCUT2D eigenvalue weighted by Gasteiger charge is -2.22. The Hall–Kier alpha value is -0.660. The van der Waals surface area contributed by atoms with Crippen molar-refractivity contribution in [1.82, 2.24) is 10.2 Å². The van der Waals surface area contributed by atoms with Gasteiger partial charge in [0.05, 0.1) is 12.4 Å². The smallest absolute Gasteiger partial charge is 0.154 e. The van der Waals surface area contributed by atoms with Crippen LogP contribution in [0.15, 0.2) is 12.3 Å². The van der Waals surface area contributed by atoms with Crippen LogP contribution in [0.4, 0.5) is 0 Å². The monoisotopic (exact) mass is 571 g/mol.